The van der Waals surface area contributed by atoms with Gasteiger partial charge in [-0.2, -0.15) is 5.10 Å². The van der Waals surface area contributed by atoms with Crippen molar-refractivity contribution in [2.45, 2.75) is 6.92 Å². The molecular weight excluding hydrogens is 438 g/mol. The van der Waals surface area contributed by atoms with E-state index in [4.69, 9.17) is 0 Å². The normalized spacial score (nSPS) is 10.4. The van der Waals surface area contributed by atoms with Crippen molar-refractivity contribution < 1.29 is 9.59 Å². The minimum atomic E-state index is -0.234. The number of anilines is 1. The molecule has 0 bridgehead atoms. The van der Waals surface area contributed by atoms with Crippen LogP contribution in [0.15, 0.2) is 85.2 Å². The van der Waals surface area contributed by atoms with E-state index in [9.17, 15) is 9.59 Å². The highest BCUT2D eigenvalue weighted by Gasteiger charge is 2.08. The number of hydrogen-bond donors (Lipinski definition) is 1. The van der Waals surface area contributed by atoms with Crippen LogP contribution in [0.1, 0.15) is 37.5 Å². The Kier molecular flexibility index (Phi) is 5.85. The second-order valence-corrected chi connectivity index (χ2v) is 7.87. The topological polar surface area (TPSA) is 89.2 Å². The zero-order chi connectivity index (χ0) is 24.2. The highest BCUT2D eigenvalue weighted by Crippen LogP contribution is 2.18. The van der Waals surface area contributed by atoms with E-state index in [1.807, 2.05) is 43.3 Å². The van der Waals surface area contributed by atoms with Crippen LogP contribution in [0.25, 0.3) is 16.9 Å². The molecule has 2 aromatic carbocycles. The number of aryl methyl sites for hydroxylation is 1. The summed E-state index contributed by atoms with van der Waals surface area (Å²) in [7, 11) is 0. The molecule has 5 aromatic rings. The average Bonchev–Trinajstić information content (AvgIpc) is 3.30. The lowest BCUT2D eigenvalue weighted by Gasteiger charge is -2.05. The van der Waals surface area contributed by atoms with Crippen LogP contribution in [-0.4, -0.2) is 31.8 Å². The van der Waals surface area contributed by atoms with Gasteiger partial charge in [0.15, 0.2) is 5.65 Å². The number of fused-ring (bicyclic) bond motifs is 1. The van der Waals surface area contributed by atoms with Crippen molar-refractivity contribution in [1.82, 2.24) is 19.6 Å². The van der Waals surface area contributed by atoms with E-state index in [1.54, 1.807) is 53.3 Å². The molecule has 3 aromatic heterocycles. The van der Waals surface area contributed by atoms with Gasteiger partial charge in [0, 0.05) is 28.5 Å². The van der Waals surface area contributed by atoms with E-state index in [-0.39, 0.29) is 5.91 Å². The quantitative estimate of drug-likeness (QED) is 0.316. The summed E-state index contributed by atoms with van der Waals surface area (Å²) in [6.07, 6.45) is 4.07. The Bertz CT molecular complexity index is 1610. The fraction of sp³-hybridized carbons (Fsp3) is 0.0357. The molecule has 5 rings (SSSR count). The van der Waals surface area contributed by atoms with Gasteiger partial charge in [0.1, 0.15) is 17.8 Å². The SMILES string of the molecule is Cc1ccc(C(=O)Nc2cc(C#Cc3cnc4ccc(-c5ccc(C=O)cc5)nn34)ccn2)cc1. The Morgan fingerprint density at radius 1 is 0.943 bits per heavy atom. The van der Waals surface area contributed by atoms with Crippen molar-refractivity contribution in [1.29, 1.82) is 0 Å². The third-order valence-corrected chi connectivity index (χ3v) is 5.36. The molecule has 0 fully saturated rings. The van der Waals surface area contributed by atoms with Gasteiger partial charge >= 0.3 is 0 Å². The molecule has 0 saturated heterocycles. The number of carbonyl (C=O) groups excluding carboxylic acids is 2. The minimum absolute atomic E-state index is 0.234. The minimum Gasteiger partial charge on any atom is -0.307 e. The summed E-state index contributed by atoms with van der Waals surface area (Å²) >= 11 is 0. The van der Waals surface area contributed by atoms with Gasteiger partial charge in [-0.15, -0.1) is 0 Å². The van der Waals surface area contributed by atoms with Crippen molar-refractivity contribution in [3.63, 3.8) is 0 Å². The molecule has 0 unspecified atom stereocenters. The number of benzene rings is 2. The first kappa shape index (κ1) is 21.7. The van der Waals surface area contributed by atoms with Gasteiger partial charge in [0.05, 0.1) is 11.9 Å². The Morgan fingerprint density at radius 2 is 1.74 bits per heavy atom. The number of carbonyl (C=O) groups is 2. The smallest absolute Gasteiger partial charge is 0.256 e. The third-order valence-electron chi connectivity index (χ3n) is 5.36. The molecule has 7 heteroatoms. The summed E-state index contributed by atoms with van der Waals surface area (Å²) < 4.78 is 1.68. The molecule has 3 heterocycles. The van der Waals surface area contributed by atoms with Crippen molar-refractivity contribution >= 4 is 23.7 Å². The molecule has 0 spiro atoms. The molecule has 168 valence electrons. The lowest BCUT2D eigenvalue weighted by molar-refractivity contribution is 0.102. The summed E-state index contributed by atoms with van der Waals surface area (Å²) in [5, 5.41) is 7.47. The van der Waals surface area contributed by atoms with Gasteiger partial charge < -0.3 is 5.32 Å². The lowest BCUT2D eigenvalue weighted by atomic mass is 10.1. The maximum absolute atomic E-state index is 12.5. The second-order valence-electron chi connectivity index (χ2n) is 7.87. The number of nitrogens with zero attached hydrogens (tertiary/aromatic N) is 4. The highest BCUT2D eigenvalue weighted by atomic mass is 16.1. The molecule has 0 saturated carbocycles. The van der Waals surface area contributed by atoms with E-state index in [0.29, 0.717) is 33.8 Å². The number of nitrogens with one attached hydrogen (secondary N) is 1. The Balaban J connectivity index is 1.39. The number of imidazole rings is 1. The van der Waals surface area contributed by atoms with E-state index in [1.165, 1.54) is 0 Å². The van der Waals surface area contributed by atoms with Crippen LogP contribution in [0, 0.1) is 18.8 Å². The number of aldehydes is 1. The first-order valence-corrected chi connectivity index (χ1v) is 10.9. The van der Waals surface area contributed by atoms with Crippen LogP contribution < -0.4 is 5.32 Å². The number of rotatable bonds is 4. The standard InChI is InChI=1S/C28H19N5O2/c1-19-2-7-23(8-3-19)28(35)31-26-16-20(14-15-29-26)6-11-24-17-30-27-13-12-25(32-33(24)27)22-9-4-21(18-34)5-10-22/h2-5,7-10,12-18H,1H3,(H,29,31,35). The molecule has 0 aliphatic heterocycles. The van der Waals surface area contributed by atoms with Crippen molar-refractivity contribution in [2.24, 2.45) is 0 Å². The summed E-state index contributed by atoms with van der Waals surface area (Å²) in [5.41, 5.74) is 5.85. The molecule has 0 radical (unpaired) electrons. The largest absolute Gasteiger partial charge is 0.307 e. The van der Waals surface area contributed by atoms with Crippen LogP contribution in [0.2, 0.25) is 0 Å². The van der Waals surface area contributed by atoms with Crippen LogP contribution in [0.5, 0.6) is 0 Å². The number of aromatic nitrogens is 4. The van der Waals surface area contributed by atoms with Gasteiger partial charge in [-0.25, -0.2) is 14.5 Å². The molecular formula is C28H19N5O2. The van der Waals surface area contributed by atoms with E-state index < -0.39 is 0 Å². The van der Waals surface area contributed by atoms with Crippen molar-refractivity contribution in [3.8, 4) is 23.1 Å². The third kappa shape index (κ3) is 4.82. The predicted molar refractivity (Wildman–Crippen MR) is 133 cm³/mol. The number of hydrogen-bond acceptors (Lipinski definition) is 5. The number of pyridine rings is 1. The molecule has 35 heavy (non-hydrogen) atoms. The van der Waals surface area contributed by atoms with Crippen LogP contribution in [-0.2, 0) is 0 Å². The summed E-state index contributed by atoms with van der Waals surface area (Å²) in [6.45, 7) is 1.97. The van der Waals surface area contributed by atoms with Crippen LogP contribution in [0.4, 0.5) is 5.82 Å². The van der Waals surface area contributed by atoms with Gasteiger partial charge in [-0.05, 0) is 49.2 Å². The Hall–Kier alpha value is -5.09. The van der Waals surface area contributed by atoms with Gasteiger partial charge in [-0.1, -0.05) is 47.9 Å². The van der Waals surface area contributed by atoms with Gasteiger partial charge in [-0.3, -0.25) is 9.59 Å². The molecule has 0 atom stereocenters. The maximum Gasteiger partial charge on any atom is 0.256 e. The van der Waals surface area contributed by atoms with Gasteiger partial charge in [0.2, 0.25) is 0 Å². The molecule has 7 nitrogen and oxygen atoms in total. The Morgan fingerprint density at radius 3 is 2.51 bits per heavy atom. The summed E-state index contributed by atoms with van der Waals surface area (Å²) in [6, 6.07) is 21.8. The summed E-state index contributed by atoms with van der Waals surface area (Å²) in [5.74, 6) is 6.38. The monoisotopic (exact) mass is 457 g/mol. The zero-order valence-corrected chi connectivity index (χ0v) is 18.8. The second kappa shape index (κ2) is 9.41. The van der Waals surface area contributed by atoms with Gasteiger partial charge in [0.25, 0.3) is 5.91 Å². The van der Waals surface area contributed by atoms with Crippen molar-refractivity contribution in [3.05, 3.63) is 113 Å². The Labute approximate surface area is 201 Å². The fourth-order valence-electron chi connectivity index (χ4n) is 3.45. The molecule has 1 N–H and O–H groups in total. The van der Waals surface area contributed by atoms with E-state index in [2.05, 4.69) is 32.2 Å². The molecule has 0 aliphatic rings. The zero-order valence-electron chi connectivity index (χ0n) is 18.8. The first-order chi connectivity index (χ1) is 17.1. The molecule has 0 aliphatic carbocycles. The predicted octanol–water partition coefficient (Wildman–Crippen LogP) is 4.56. The fourth-order valence-corrected chi connectivity index (χ4v) is 3.45. The maximum atomic E-state index is 12.5. The van der Waals surface area contributed by atoms with Crippen molar-refractivity contribution in [2.75, 3.05) is 5.32 Å². The van der Waals surface area contributed by atoms with E-state index >= 15 is 0 Å². The van der Waals surface area contributed by atoms with Crippen LogP contribution in [0.3, 0.4) is 0 Å². The number of amides is 1. The summed E-state index contributed by atoms with van der Waals surface area (Å²) in [4.78, 5) is 32.0. The highest BCUT2D eigenvalue weighted by molar-refractivity contribution is 6.03. The first-order valence-electron chi connectivity index (χ1n) is 10.9. The molecule has 1 amide bonds. The van der Waals surface area contributed by atoms with E-state index in [0.717, 1.165) is 23.1 Å². The average molecular weight is 457 g/mol. The lowest BCUT2D eigenvalue weighted by Crippen LogP contribution is -2.12. The van der Waals surface area contributed by atoms with Crippen LogP contribution >= 0.6 is 0 Å².